The van der Waals surface area contributed by atoms with Crippen LogP contribution in [0, 0.1) is 0 Å². The summed E-state index contributed by atoms with van der Waals surface area (Å²) in [7, 11) is 0. The molecule has 2 aliphatic rings. The number of aromatic nitrogens is 2. The van der Waals surface area contributed by atoms with E-state index in [9.17, 15) is 31.5 Å². The highest BCUT2D eigenvalue weighted by Gasteiger charge is 2.38. The van der Waals surface area contributed by atoms with Gasteiger partial charge in [-0.25, -0.2) is 18.7 Å². The highest BCUT2D eigenvalue weighted by Crippen LogP contribution is 2.40. The third-order valence-electron chi connectivity index (χ3n) is 6.99. The molecule has 2 amide bonds. The van der Waals surface area contributed by atoms with Gasteiger partial charge in [0.25, 0.3) is 18.2 Å². The summed E-state index contributed by atoms with van der Waals surface area (Å²) in [6.45, 7) is 2.48. The molecule has 2 aromatic heterocycles. The molecule has 0 spiro atoms. The molecular weight excluding hydrogens is 529 g/mol. The Balaban J connectivity index is 1.75. The zero-order valence-electron chi connectivity index (χ0n) is 21.1. The molecule has 3 heterocycles. The zero-order valence-corrected chi connectivity index (χ0v) is 21.9. The van der Waals surface area contributed by atoms with Crippen LogP contribution in [0.4, 0.5) is 27.8 Å². The second-order valence-corrected chi connectivity index (χ2v) is 10.8. The van der Waals surface area contributed by atoms with E-state index in [4.69, 9.17) is 0 Å². The number of pyridine rings is 1. The van der Waals surface area contributed by atoms with Gasteiger partial charge < -0.3 is 15.5 Å². The first-order valence-corrected chi connectivity index (χ1v) is 13.5. The fraction of sp³-hybridized carbons (Fsp3) is 0.600. The van der Waals surface area contributed by atoms with E-state index in [1.807, 2.05) is 19.2 Å². The maximum atomic E-state index is 14.1. The average Bonchev–Trinajstić information content (AvgIpc) is 3.43. The Morgan fingerprint density at radius 3 is 2.55 bits per heavy atom. The number of nitrogens with zero attached hydrogens (tertiary/aromatic N) is 3. The molecule has 13 heteroatoms. The zero-order chi connectivity index (χ0) is 27.6. The fourth-order valence-corrected chi connectivity index (χ4v) is 5.84. The van der Waals surface area contributed by atoms with Gasteiger partial charge >= 0.3 is 6.18 Å². The van der Waals surface area contributed by atoms with Gasteiger partial charge in [-0.15, -0.1) is 11.3 Å². The fourth-order valence-electron chi connectivity index (χ4n) is 4.85. The predicted octanol–water partition coefficient (Wildman–Crippen LogP) is 6.19. The van der Waals surface area contributed by atoms with Gasteiger partial charge in [-0.3, -0.25) is 9.59 Å². The Morgan fingerprint density at radius 2 is 1.95 bits per heavy atom. The van der Waals surface area contributed by atoms with E-state index in [0.29, 0.717) is 0 Å². The number of hydrogen-bond donors (Lipinski definition) is 2. The number of halogens is 5. The van der Waals surface area contributed by atoms with Crippen LogP contribution in [-0.4, -0.2) is 57.5 Å². The van der Waals surface area contributed by atoms with Crippen LogP contribution in [0.2, 0.25) is 0 Å². The van der Waals surface area contributed by atoms with Crippen LogP contribution in [-0.2, 0) is 0 Å². The molecule has 2 unspecified atom stereocenters. The van der Waals surface area contributed by atoms with Gasteiger partial charge in [0.15, 0.2) is 5.01 Å². The first-order chi connectivity index (χ1) is 18.0. The van der Waals surface area contributed by atoms with E-state index >= 15 is 0 Å². The van der Waals surface area contributed by atoms with Crippen LogP contribution < -0.4 is 10.6 Å². The highest BCUT2D eigenvalue weighted by molar-refractivity contribution is 7.17. The first kappa shape index (κ1) is 28.2. The van der Waals surface area contributed by atoms with E-state index in [1.165, 1.54) is 0 Å². The SMILES string of the molecule is CCCC1CCC(C)N1C(=O)c1nc(C(=O)NC2CCC2)sc1-c1cnc(NCC(F)(F)F)cc1C(F)F. The van der Waals surface area contributed by atoms with Gasteiger partial charge in [0.1, 0.15) is 18.1 Å². The van der Waals surface area contributed by atoms with E-state index in [0.717, 1.165) is 68.5 Å². The van der Waals surface area contributed by atoms with Crippen LogP contribution in [0.15, 0.2) is 12.3 Å². The predicted molar refractivity (Wildman–Crippen MR) is 134 cm³/mol. The number of thiazole rings is 1. The van der Waals surface area contributed by atoms with Gasteiger partial charge in [-0.2, -0.15) is 13.2 Å². The molecule has 0 bridgehead atoms. The molecule has 2 aromatic rings. The Morgan fingerprint density at radius 1 is 1.21 bits per heavy atom. The van der Waals surface area contributed by atoms with Crippen LogP contribution in [0.3, 0.4) is 0 Å². The second-order valence-electron chi connectivity index (χ2n) is 9.81. The number of alkyl halides is 5. The molecule has 0 radical (unpaired) electrons. The Labute approximate surface area is 221 Å². The van der Waals surface area contributed by atoms with E-state index in [1.54, 1.807) is 4.90 Å². The van der Waals surface area contributed by atoms with Crippen molar-refractivity contribution >= 4 is 29.0 Å². The number of carbonyl (C=O) groups is 2. The van der Waals surface area contributed by atoms with Crippen LogP contribution >= 0.6 is 11.3 Å². The van der Waals surface area contributed by atoms with Crippen LogP contribution in [0.5, 0.6) is 0 Å². The summed E-state index contributed by atoms with van der Waals surface area (Å²) in [5, 5.41) is 4.82. The number of likely N-dealkylation sites (tertiary alicyclic amines) is 1. The van der Waals surface area contributed by atoms with Gasteiger partial charge in [-0.05, 0) is 51.5 Å². The summed E-state index contributed by atoms with van der Waals surface area (Å²) in [6.07, 6.45) is -0.775. The molecule has 208 valence electrons. The standard InChI is InChI=1S/C25H30F5N5O2S/c1-3-5-15-9-8-13(2)35(15)24(37)19-20(38-23(34-19)22(36)33-14-6-4-7-14)17-11-31-18(10-16(17)21(26)27)32-12-25(28,29)30/h10-11,13-15,21H,3-9,12H2,1-2H3,(H,31,32)(H,33,36). The summed E-state index contributed by atoms with van der Waals surface area (Å²) in [4.78, 5) is 36.7. The lowest BCUT2D eigenvalue weighted by atomic mass is 9.93. The molecular formula is C25H30F5N5O2S. The summed E-state index contributed by atoms with van der Waals surface area (Å²) in [5.74, 6) is -1.32. The Bertz CT molecular complexity index is 1170. The third kappa shape index (κ3) is 6.24. The average molecular weight is 560 g/mol. The van der Waals surface area contributed by atoms with Crippen molar-refractivity contribution in [1.29, 1.82) is 0 Å². The molecule has 4 rings (SSSR count). The summed E-state index contributed by atoms with van der Waals surface area (Å²) in [6, 6.07) is 0.707. The molecule has 1 saturated heterocycles. The number of amides is 2. The maximum Gasteiger partial charge on any atom is 0.405 e. The smallest absolute Gasteiger partial charge is 0.361 e. The first-order valence-electron chi connectivity index (χ1n) is 12.7. The van der Waals surface area contributed by atoms with Gasteiger partial charge in [-0.1, -0.05) is 13.3 Å². The number of carbonyl (C=O) groups excluding carboxylic acids is 2. The molecule has 2 fully saturated rings. The normalized spacial score (nSPS) is 20.1. The van der Waals surface area contributed by atoms with Crippen molar-refractivity contribution in [2.45, 2.75) is 89.5 Å². The van der Waals surface area contributed by atoms with Crippen molar-refractivity contribution in [3.63, 3.8) is 0 Å². The number of rotatable bonds is 9. The van der Waals surface area contributed by atoms with Crippen LogP contribution in [0.25, 0.3) is 10.4 Å². The largest absolute Gasteiger partial charge is 0.405 e. The highest BCUT2D eigenvalue weighted by atomic mass is 32.1. The van der Waals surface area contributed by atoms with E-state index < -0.39 is 36.5 Å². The molecule has 2 atom stereocenters. The molecule has 0 aromatic carbocycles. The Kier molecular flexibility index (Phi) is 8.53. The molecule has 2 N–H and O–H groups in total. The maximum absolute atomic E-state index is 14.1. The molecule has 1 saturated carbocycles. The summed E-state index contributed by atoms with van der Waals surface area (Å²) < 4.78 is 66.2. The minimum absolute atomic E-state index is 0.00109. The van der Waals surface area contributed by atoms with Crippen molar-refractivity contribution in [2.75, 3.05) is 11.9 Å². The molecule has 1 aliphatic carbocycles. The number of nitrogens with one attached hydrogen (secondary N) is 2. The van der Waals surface area contributed by atoms with Gasteiger partial charge in [0.2, 0.25) is 0 Å². The molecule has 7 nitrogen and oxygen atoms in total. The van der Waals surface area contributed by atoms with Crippen molar-refractivity contribution in [3.8, 4) is 10.4 Å². The third-order valence-corrected chi connectivity index (χ3v) is 8.08. The number of hydrogen-bond acceptors (Lipinski definition) is 6. The molecule has 38 heavy (non-hydrogen) atoms. The monoisotopic (exact) mass is 559 g/mol. The Hall–Kier alpha value is -2.83. The lowest BCUT2D eigenvalue weighted by Crippen LogP contribution is -2.41. The van der Waals surface area contributed by atoms with E-state index in [2.05, 4.69) is 15.3 Å². The minimum atomic E-state index is -4.56. The van der Waals surface area contributed by atoms with Crippen molar-refractivity contribution in [3.05, 3.63) is 28.5 Å². The van der Waals surface area contributed by atoms with Gasteiger partial charge in [0.05, 0.1) is 4.88 Å². The van der Waals surface area contributed by atoms with Crippen LogP contribution in [0.1, 0.15) is 91.1 Å². The number of anilines is 1. The topological polar surface area (TPSA) is 87.2 Å². The minimum Gasteiger partial charge on any atom is -0.361 e. The van der Waals surface area contributed by atoms with Crippen molar-refractivity contribution < 1.29 is 31.5 Å². The lowest BCUT2D eigenvalue weighted by Gasteiger charge is -2.28. The second kappa shape index (κ2) is 11.5. The van der Waals surface area contributed by atoms with E-state index in [-0.39, 0.29) is 45.1 Å². The summed E-state index contributed by atoms with van der Waals surface area (Å²) in [5.41, 5.74) is -0.865. The van der Waals surface area contributed by atoms with Crippen molar-refractivity contribution in [1.82, 2.24) is 20.2 Å². The quantitative estimate of drug-likeness (QED) is 0.358. The van der Waals surface area contributed by atoms with Crippen molar-refractivity contribution in [2.24, 2.45) is 0 Å². The molecule has 1 aliphatic heterocycles. The van der Waals surface area contributed by atoms with Gasteiger partial charge in [0, 0.05) is 35.4 Å². The lowest BCUT2D eigenvalue weighted by molar-refractivity contribution is -0.115. The summed E-state index contributed by atoms with van der Waals surface area (Å²) >= 11 is 0.811.